The van der Waals surface area contributed by atoms with Crippen LogP contribution in [0.5, 0.6) is 5.75 Å². The van der Waals surface area contributed by atoms with Crippen molar-refractivity contribution in [1.29, 1.82) is 0 Å². The molecule has 0 spiro atoms. The van der Waals surface area contributed by atoms with Crippen LogP contribution in [-0.4, -0.2) is 4.98 Å². The van der Waals surface area contributed by atoms with Crippen molar-refractivity contribution in [3.8, 4) is 17.0 Å². The van der Waals surface area contributed by atoms with Crippen molar-refractivity contribution in [3.63, 3.8) is 0 Å². The number of hydrogen-bond acceptors (Lipinski definition) is 2. The Bertz CT molecular complexity index is 798. The second-order valence-corrected chi connectivity index (χ2v) is 5.00. The van der Waals surface area contributed by atoms with Gasteiger partial charge in [0.05, 0.1) is 16.2 Å². The Morgan fingerprint density at radius 2 is 1.95 bits per heavy atom. The van der Waals surface area contributed by atoms with E-state index in [2.05, 4.69) is 6.07 Å². The molecule has 1 aliphatic rings. The van der Waals surface area contributed by atoms with Gasteiger partial charge in [-0.05, 0) is 24.3 Å². The van der Waals surface area contributed by atoms with E-state index >= 15 is 0 Å². The number of para-hydroxylation sites is 2. The monoisotopic (exact) mass is 267 g/mol. The molecule has 0 saturated carbocycles. The van der Waals surface area contributed by atoms with Gasteiger partial charge >= 0.3 is 0 Å². The van der Waals surface area contributed by atoms with Crippen LogP contribution in [0.2, 0.25) is 5.02 Å². The van der Waals surface area contributed by atoms with Gasteiger partial charge in [-0.3, -0.25) is 0 Å². The fourth-order valence-corrected chi connectivity index (χ4v) is 2.72. The highest BCUT2D eigenvalue weighted by Gasteiger charge is 2.19. The lowest BCUT2D eigenvalue weighted by Gasteiger charge is -2.20. The van der Waals surface area contributed by atoms with Gasteiger partial charge in [0.1, 0.15) is 12.4 Å². The summed E-state index contributed by atoms with van der Waals surface area (Å²) in [6.45, 7) is 0.557. The number of halogens is 1. The summed E-state index contributed by atoms with van der Waals surface area (Å²) < 4.78 is 5.76. The van der Waals surface area contributed by atoms with E-state index in [0.29, 0.717) is 11.6 Å². The molecule has 0 saturated heterocycles. The summed E-state index contributed by atoms with van der Waals surface area (Å²) >= 11 is 6.23. The molecule has 0 fully saturated rings. The molecule has 0 atom stereocenters. The molecule has 0 amide bonds. The zero-order valence-corrected chi connectivity index (χ0v) is 10.8. The van der Waals surface area contributed by atoms with Crippen molar-refractivity contribution in [3.05, 3.63) is 59.1 Å². The van der Waals surface area contributed by atoms with Crippen molar-refractivity contribution in [2.75, 3.05) is 0 Å². The highest BCUT2D eigenvalue weighted by molar-refractivity contribution is 6.35. The second-order valence-electron chi connectivity index (χ2n) is 4.59. The molecule has 0 unspecified atom stereocenters. The first-order chi connectivity index (χ1) is 9.33. The largest absolute Gasteiger partial charge is 0.488 e. The quantitative estimate of drug-likeness (QED) is 0.600. The van der Waals surface area contributed by atoms with Crippen molar-refractivity contribution in [1.82, 2.24) is 4.98 Å². The molecule has 4 rings (SSSR count). The molecule has 0 radical (unpaired) electrons. The number of ether oxygens (including phenoxy) is 1. The van der Waals surface area contributed by atoms with Gasteiger partial charge in [0.25, 0.3) is 0 Å². The van der Waals surface area contributed by atoms with Crippen molar-refractivity contribution < 1.29 is 4.74 Å². The Morgan fingerprint density at radius 1 is 1.05 bits per heavy atom. The normalized spacial score (nSPS) is 12.7. The van der Waals surface area contributed by atoms with Gasteiger partial charge in [-0.25, -0.2) is 4.98 Å². The molecular formula is C16H10ClNO. The van der Waals surface area contributed by atoms with Crippen LogP contribution in [0.15, 0.2) is 48.5 Å². The van der Waals surface area contributed by atoms with E-state index in [-0.39, 0.29) is 0 Å². The van der Waals surface area contributed by atoms with E-state index in [1.807, 2.05) is 42.5 Å². The third kappa shape index (κ3) is 1.60. The van der Waals surface area contributed by atoms with E-state index in [1.165, 1.54) is 0 Å². The zero-order chi connectivity index (χ0) is 12.8. The molecule has 19 heavy (non-hydrogen) atoms. The Hall–Kier alpha value is -2.06. The molecule has 3 aromatic rings. The van der Waals surface area contributed by atoms with Crippen LogP contribution < -0.4 is 4.74 Å². The number of fused-ring (bicyclic) bond motifs is 4. The predicted molar refractivity (Wildman–Crippen MR) is 76.5 cm³/mol. The molecule has 1 aromatic heterocycles. The van der Waals surface area contributed by atoms with Gasteiger partial charge in [0, 0.05) is 16.5 Å². The zero-order valence-electron chi connectivity index (χ0n) is 10.1. The van der Waals surface area contributed by atoms with Crippen molar-refractivity contribution in [2.45, 2.75) is 6.61 Å². The summed E-state index contributed by atoms with van der Waals surface area (Å²) in [5.41, 5.74) is 3.96. The number of rotatable bonds is 0. The van der Waals surface area contributed by atoms with Gasteiger partial charge in [-0.1, -0.05) is 35.9 Å². The van der Waals surface area contributed by atoms with Gasteiger partial charge in [-0.15, -0.1) is 0 Å². The lowest BCUT2D eigenvalue weighted by molar-refractivity contribution is 0.302. The topological polar surface area (TPSA) is 22.1 Å². The van der Waals surface area contributed by atoms with Crippen molar-refractivity contribution >= 4 is 22.5 Å². The molecule has 92 valence electrons. The number of aromatic nitrogens is 1. The summed E-state index contributed by atoms with van der Waals surface area (Å²) in [5, 5.41) is 1.73. The Labute approximate surface area is 115 Å². The summed E-state index contributed by atoms with van der Waals surface area (Å²) in [7, 11) is 0. The maximum atomic E-state index is 6.23. The summed E-state index contributed by atoms with van der Waals surface area (Å²) in [6, 6.07) is 15.9. The fourth-order valence-electron chi connectivity index (χ4n) is 2.49. The van der Waals surface area contributed by atoms with Crippen LogP contribution in [0.1, 0.15) is 5.56 Å². The van der Waals surface area contributed by atoms with E-state index < -0.39 is 0 Å². The molecule has 3 heteroatoms. The number of benzene rings is 2. The van der Waals surface area contributed by atoms with Gasteiger partial charge in [-0.2, -0.15) is 0 Å². The molecule has 0 N–H and O–H groups in total. The number of hydrogen-bond donors (Lipinski definition) is 0. The third-order valence-corrected chi connectivity index (χ3v) is 3.71. The van der Waals surface area contributed by atoms with Crippen LogP contribution in [-0.2, 0) is 6.61 Å². The highest BCUT2D eigenvalue weighted by atomic mass is 35.5. The van der Waals surface area contributed by atoms with Crippen LogP contribution in [0.25, 0.3) is 22.2 Å². The molecule has 0 bridgehead atoms. The first-order valence-corrected chi connectivity index (χ1v) is 6.51. The lowest BCUT2D eigenvalue weighted by atomic mass is 10.0. The third-order valence-electron chi connectivity index (χ3n) is 3.40. The average Bonchev–Trinajstić information content (AvgIpc) is 2.46. The summed E-state index contributed by atoms with van der Waals surface area (Å²) in [5.74, 6) is 0.883. The smallest absolute Gasteiger partial charge is 0.129 e. The predicted octanol–water partition coefficient (Wildman–Crippen LogP) is 4.45. The number of pyridine rings is 1. The van der Waals surface area contributed by atoms with Gasteiger partial charge in [0.15, 0.2) is 0 Å². The second kappa shape index (κ2) is 3.97. The minimum atomic E-state index is 0.557. The average molecular weight is 268 g/mol. The van der Waals surface area contributed by atoms with E-state index in [9.17, 15) is 0 Å². The minimum Gasteiger partial charge on any atom is -0.488 e. The van der Waals surface area contributed by atoms with Crippen LogP contribution in [0.3, 0.4) is 0 Å². The van der Waals surface area contributed by atoms with E-state index in [0.717, 1.165) is 33.5 Å². The van der Waals surface area contributed by atoms with Crippen LogP contribution >= 0.6 is 11.6 Å². The standard InChI is InChI=1S/C16H10ClNO/c17-13-6-3-4-10-8-11-9-19-14-7-2-1-5-12(14)15(11)18-16(10)13/h1-8H,9H2. The molecular weight excluding hydrogens is 258 g/mol. The first kappa shape index (κ1) is 10.8. The maximum Gasteiger partial charge on any atom is 0.129 e. The number of nitrogens with zero attached hydrogens (tertiary/aromatic N) is 1. The Balaban J connectivity index is 2.08. The molecule has 2 heterocycles. The summed E-state index contributed by atoms with van der Waals surface area (Å²) in [4.78, 5) is 4.74. The Morgan fingerprint density at radius 3 is 2.89 bits per heavy atom. The SMILES string of the molecule is Clc1cccc2cc3c(nc12)-c1ccccc1OC3. The van der Waals surface area contributed by atoms with Crippen LogP contribution in [0.4, 0.5) is 0 Å². The van der Waals surface area contributed by atoms with Crippen LogP contribution in [0, 0.1) is 0 Å². The minimum absolute atomic E-state index is 0.557. The van der Waals surface area contributed by atoms with E-state index in [4.69, 9.17) is 21.3 Å². The lowest BCUT2D eigenvalue weighted by Crippen LogP contribution is -2.07. The first-order valence-electron chi connectivity index (χ1n) is 6.13. The highest BCUT2D eigenvalue weighted by Crippen LogP contribution is 2.38. The Kier molecular flexibility index (Phi) is 2.26. The fraction of sp³-hybridized carbons (Fsp3) is 0.0625. The molecule has 1 aliphatic heterocycles. The van der Waals surface area contributed by atoms with E-state index in [1.54, 1.807) is 0 Å². The summed E-state index contributed by atoms with van der Waals surface area (Å²) in [6.07, 6.45) is 0. The molecule has 0 aliphatic carbocycles. The van der Waals surface area contributed by atoms with Gasteiger partial charge in [0.2, 0.25) is 0 Å². The molecule has 2 nitrogen and oxygen atoms in total. The maximum absolute atomic E-state index is 6.23. The van der Waals surface area contributed by atoms with Crippen molar-refractivity contribution in [2.24, 2.45) is 0 Å². The molecule has 2 aromatic carbocycles. The van der Waals surface area contributed by atoms with Gasteiger partial charge < -0.3 is 4.74 Å².